The lowest BCUT2D eigenvalue weighted by Crippen LogP contribution is -2.41. The van der Waals surface area contributed by atoms with Crippen molar-refractivity contribution in [2.75, 3.05) is 39.7 Å². The standard InChI is InChI=1S/C23H27N3S2/c1-25-14-18(13-16-5-9-19(27-3)10-6-16)22-21(15-25)23(26(2)24-22)17-7-11-20(28-4)12-8-17/h5-13,21,23H,14-15H2,1-4H3/b18-13-/t21-,23-/m1/s1. The SMILES string of the molecule is CSc1ccc(/C=C2/CN(C)C[C@@H]3C2=NN(C)[C@@H]3c2ccc(SC)cc2)cc1. The molecule has 0 unspecified atom stereocenters. The van der Waals surface area contributed by atoms with Crippen LogP contribution in [-0.4, -0.2) is 55.3 Å². The molecule has 5 heteroatoms. The van der Waals surface area contributed by atoms with Crippen LogP contribution in [0, 0.1) is 5.92 Å². The van der Waals surface area contributed by atoms with E-state index >= 15 is 0 Å². The van der Waals surface area contributed by atoms with Gasteiger partial charge in [-0.1, -0.05) is 24.3 Å². The number of rotatable bonds is 4. The fraction of sp³-hybridized carbons (Fsp3) is 0.348. The molecule has 0 aliphatic carbocycles. The molecule has 0 aromatic heterocycles. The van der Waals surface area contributed by atoms with Crippen LogP contribution < -0.4 is 0 Å². The van der Waals surface area contributed by atoms with Gasteiger partial charge in [0.25, 0.3) is 0 Å². The fourth-order valence-corrected chi connectivity index (χ4v) is 5.06. The summed E-state index contributed by atoms with van der Waals surface area (Å²) in [7, 11) is 4.33. The van der Waals surface area contributed by atoms with Crippen LogP contribution in [0.25, 0.3) is 6.08 Å². The summed E-state index contributed by atoms with van der Waals surface area (Å²) in [5.74, 6) is 0.403. The molecule has 0 amide bonds. The number of hydrogen-bond acceptors (Lipinski definition) is 5. The third-order valence-corrected chi connectivity index (χ3v) is 7.08. The molecule has 1 fully saturated rings. The first kappa shape index (κ1) is 19.6. The van der Waals surface area contributed by atoms with Crippen molar-refractivity contribution in [3.63, 3.8) is 0 Å². The Labute approximate surface area is 176 Å². The maximum atomic E-state index is 5.00. The van der Waals surface area contributed by atoms with Gasteiger partial charge in [0.1, 0.15) is 0 Å². The molecule has 2 heterocycles. The lowest BCUT2D eigenvalue weighted by atomic mass is 9.83. The third kappa shape index (κ3) is 3.88. The average molecular weight is 410 g/mol. The molecule has 4 rings (SSSR count). The summed E-state index contributed by atoms with van der Waals surface area (Å²) >= 11 is 3.57. The van der Waals surface area contributed by atoms with E-state index < -0.39 is 0 Å². The van der Waals surface area contributed by atoms with E-state index in [-0.39, 0.29) is 0 Å². The summed E-state index contributed by atoms with van der Waals surface area (Å²) in [6.45, 7) is 1.99. The third-order valence-electron chi connectivity index (χ3n) is 5.59. The van der Waals surface area contributed by atoms with E-state index in [9.17, 15) is 0 Å². The number of likely N-dealkylation sites (tertiary alicyclic amines) is 1. The maximum Gasteiger partial charge on any atom is 0.0813 e. The molecule has 146 valence electrons. The van der Waals surface area contributed by atoms with Gasteiger partial charge in [-0.05, 0) is 66.6 Å². The second-order valence-corrected chi connectivity index (χ2v) is 9.28. The van der Waals surface area contributed by atoms with Crippen molar-refractivity contribution in [3.05, 3.63) is 65.2 Å². The fourth-order valence-electron chi connectivity index (χ4n) is 4.25. The molecular weight excluding hydrogens is 382 g/mol. The van der Waals surface area contributed by atoms with Crippen LogP contribution in [0.15, 0.2) is 69.0 Å². The molecule has 0 saturated carbocycles. The highest BCUT2D eigenvalue weighted by atomic mass is 32.2. The summed E-state index contributed by atoms with van der Waals surface area (Å²) in [5.41, 5.74) is 5.20. The second kappa shape index (κ2) is 8.36. The first-order chi connectivity index (χ1) is 13.6. The lowest BCUT2D eigenvalue weighted by Gasteiger charge is -2.34. The van der Waals surface area contributed by atoms with Crippen molar-refractivity contribution in [1.82, 2.24) is 9.91 Å². The molecule has 2 aliphatic heterocycles. The van der Waals surface area contributed by atoms with Crippen LogP contribution in [0.1, 0.15) is 17.2 Å². The van der Waals surface area contributed by atoms with Gasteiger partial charge in [0.05, 0.1) is 11.8 Å². The Bertz CT molecular complexity index is 887. The summed E-state index contributed by atoms with van der Waals surface area (Å²) < 4.78 is 0. The van der Waals surface area contributed by atoms with Gasteiger partial charge in [-0.15, -0.1) is 23.5 Å². The monoisotopic (exact) mass is 409 g/mol. The topological polar surface area (TPSA) is 18.8 Å². The zero-order chi connectivity index (χ0) is 19.7. The minimum Gasteiger partial charge on any atom is -0.301 e. The van der Waals surface area contributed by atoms with Crippen LogP contribution in [0.3, 0.4) is 0 Å². The van der Waals surface area contributed by atoms with Crippen molar-refractivity contribution < 1.29 is 0 Å². The summed E-state index contributed by atoms with van der Waals surface area (Å²) in [4.78, 5) is 5.03. The van der Waals surface area contributed by atoms with E-state index in [0.29, 0.717) is 12.0 Å². The van der Waals surface area contributed by atoms with Crippen molar-refractivity contribution >= 4 is 35.3 Å². The van der Waals surface area contributed by atoms with Crippen molar-refractivity contribution in [3.8, 4) is 0 Å². The highest BCUT2D eigenvalue weighted by Crippen LogP contribution is 2.40. The number of thioether (sulfide) groups is 2. The van der Waals surface area contributed by atoms with E-state index in [1.54, 1.807) is 23.5 Å². The highest BCUT2D eigenvalue weighted by molar-refractivity contribution is 7.98. The van der Waals surface area contributed by atoms with E-state index in [1.807, 2.05) is 0 Å². The van der Waals surface area contributed by atoms with Gasteiger partial charge in [-0.2, -0.15) is 5.10 Å². The first-order valence-corrected chi connectivity index (χ1v) is 12.0. The number of hydrogen-bond donors (Lipinski definition) is 0. The van der Waals surface area contributed by atoms with Gasteiger partial charge >= 0.3 is 0 Å². The minimum absolute atomic E-state index is 0.302. The lowest BCUT2D eigenvalue weighted by molar-refractivity contribution is 0.211. The molecule has 28 heavy (non-hydrogen) atoms. The minimum atomic E-state index is 0.302. The number of nitrogens with zero attached hydrogens (tertiary/aromatic N) is 3. The van der Waals surface area contributed by atoms with Gasteiger partial charge in [0.2, 0.25) is 0 Å². The number of fused-ring (bicyclic) bond motifs is 1. The van der Waals surface area contributed by atoms with E-state index in [2.05, 4.69) is 91.1 Å². The number of hydrazone groups is 1. The predicted molar refractivity (Wildman–Crippen MR) is 123 cm³/mol. The Kier molecular flexibility index (Phi) is 5.85. The molecule has 2 aromatic rings. The molecule has 0 N–H and O–H groups in total. The van der Waals surface area contributed by atoms with Crippen LogP contribution in [0.2, 0.25) is 0 Å². The number of likely N-dealkylation sites (N-methyl/N-ethyl adjacent to an activating group) is 1. The van der Waals surface area contributed by atoms with Crippen LogP contribution in [-0.2, 0) is 0 Å². The zero-order valence-corrected chi connectivity index (χ0v) is 18.6. The van der Waals surface area contributed by atoms with Crippen LogP contribution in [0.5, 0.6) is 0 Å². The van der Waals surface area contributed by atoms with Crippen LogP contribution >= 0.6 is 23.5 Å². The smallest absolute Gasteiger partial charge is 0.0813 e. The Hall–Kier alpha value is -1.69. The van der Waals surface area contributed by atoms with Gasteiger partial charge in [0.15, 0.2) is 0 Å². The number of benzene rings is 2. The Balaban J connectivity index is 1.64. The summed E-state index contributed by atoms with van der Waals surface area (Å²) in [6.07, 6.45) is 6.55. The quantitative estimate of drug-likeness (QED) is 0.653. The van der Waals surface area contributed by atoms with E-state index in [4.69, 9.17) is 5.10 Å². The molecule has 3 nitrogen and oxygen atoms in total. The molecule has 2 aliphatic rings. The van der Waals surface area contributed by atoms with Gasteiger partial charge < -0.3 is 4.90 Å². The zero-order valence-electron chi connectivity index (χ0n) is 16.9. The Morgan fingerprint density at radius 1 is 0.929 bits per heavy atom. The van der Waals surface area contributed by atoms with Crippen molar-refractivity contribution in [2.24, 2.45) is 11.0 Å². The van der Waals surface area contributed by atoms with Crippen molar-refractivity contribution in [1.29, 1.82) is 0 Å². The molecule has 0 spiro atoms. The van der Waals surface area contributed by atoms with Gasteiger partial charge in [0, 0.05) is 35.8 Å². The summed E-state index contributed by atoms with van der Waals surface area (Å²) in [6, 6.07) is 18.1. The average Bonchev–Trinajstić information content (AvgIpc) is 3.04. The summed E-state index contributed by atoms with van der Waals surface area (Å²) in [5, 5.41) is 7.17. The van der Waals surface area contributed by atoms with Crippen molar-refractivity contribution in [2.45, 2.75) is 15.8 Å². The van der Waals surface area contributed by atoms with Gasteiger partial charge in [-0.25, -0.2) is 0 Å². The highest BCUT2D eigenvalue weighted by Gasteiger charge is 2.41. The second-order valence-electron chi connectivity index (χ2n) is 7.52. The number of piperidine rings is 1. The molecule has 2 atom stereocenters. The Morgan fingerprint density at radius 2 is 1.54 bits per heavy atom. The normalized spacial score (nSPS) is 23.8. The predicted octanol–water partition coefficient (Wildman–Crippen LogP) is 5.12. The van der Waals surface area contributed by atoms with Gasteiger partial charge in [-0.3, -0.25) is 5.01 Å². The maximum absolute atomic E-state index is 5.00. The van der Waals surface area contributed by atoms with E-state index in [0.717, 1.165) is 13.1 Å². The van der Waals surface area contributed by atoms with Crippen LogP contribution in [0.4, 0.5) is 0 Å². The molecular formula is C23H27N3S2. The molecule has 2 aromatic carbocycles. The molecule has 0 radical (unpaired) electrons. The molecule has 0 bridgehead atoms. The largest absolute Gasteiger partial charge is 0.301 e. The molecule has 1 saturated heterocycles. The first-order valence-electron chi connectivity index (χ1n) is 9.58. The Morgan fingerprint density at radius 3 is 2.14 bits per heavy atom. The van der Waals surface area contributed by atoms with E-state index in [1.165, 1.54) is 32.2 Å².